The molecule has 3 heteroatoms. The molecule has 0 bridgehead atoms. The van der Waals surface area contributed by atoms with E-state index in [1.165, 1.54) is 47.6 Å². The quantitative estimate of drug-likeness (QED) is 0.550. The topological polar surface area (TPSA) is 67.8 Å². The van der Waals surface area contributed by atoms with E-state index in [0.717, 1.165) is 35.2 Å². The molecular weight excluding hydrogens is 282 g/mol. The van der Waals surface area contributed by atoms with Gasteiger partial charge in [-0.3, -0.25) is 0 Å². The van der Waals surface area contributed by atoms with Crippen molar-refractivity contribution in [3.63, 3.8) is 0 Å². The summed E-state index contributed by atoms with van der Waals surface area (Å²) in [6.45, 7) is 4.43. The second kappa shape index (κ2) is 6.53. The van der Waals surface area contributed by atoms with Gasteiger partial charge in [0.05, 0.1) is 22.4 Å². The second-order valence-corrected chi connectivity index (χ2v) is 6.55. The Kier molecular flexibility index (Phi) is 4.46. The maximum atomic E-state index is 6.29. The van der Waals surface area contributed by atoms with Crippen LogP contribution in [0.3, 0.4) is 0 Å². The molecule has 122 valence electrons. The number of rotatable bonds is 6. The number of benzene rings is 2. The van der Waals surface area contributed by atoms with E-state index in [1.807, 2.05) is 0 Å². The molecule has 2 aromatic carbocycles. The normalized spacial score (nSPS) is 11.6. The van der Waals surface area contributed by atoms with Crippen molar-refractivity contribution < 1.29 is 0 Å². The molecule has 0 aliphatic carbocycles. The van der Waals surface area contributed by atoms with E-state index in [4.69, 9.17) is 11.5 Å². The Morgan fingerprint density at radius 1 is 0.739 bits per heavy atom. The maximum absolute atomic E-state index is 6.29. The van der Waals surface area contributed by atoms with E-state index in [2.05, 4.69) is 43.1 Å². The number of aryl methyl sites for hydroxylation is 2. The van der Waals surface area contributed by atoms with Crippen molar-refractivity contribution >= 4 is 33.2 Å². The largest absolute Gasteiger partial charge is 0.397 e. The van der Waals surface area contributed by atoms with Gasteiger partial charge >= 0.3 is 0 Å². The summed E-state index contributed by atoms with van der Waals surface area (Å²) in [5.74, 6) is 0. The minimum absolute atomic E-state index is 0.819. The smallest absolute Gasteiger partial charge is 0.0699 e. The number of nitrogens with two attached hydrogens (primary N) is 2. The standard InChI is InChI=1S/C20H27N3/c1-3-5-7-13-9-15-16-10-14(8-6-4-2)12-18(22)20(16)23-19(15)17(21)11-13/h9-12,23H,3-8,21-22H2,1-2H3. The predicted molar refractivity (Wildman–Crippen MR) is 102 cm³/mol. The fourth-order valence-electron chi connectivity index (χ4n) is 3.33. The van der Waals surface area contributed by atoms with Gasteiger partial charge in [0.1, 0.15) is 0 Å². The molecule has 0 aliphatic heterocycles. The Morgan fingerprint density at radius 3 is 1.57 bits per heavy atom. The van der Waals surface area contributed by atoms with Crippen LogP contribution in [0.1, 0.15) is 50.7 Å². The Bertz CT molecular complexity index is 762. The Morgan fingerprint density at radius 2 is 1.17 bits per heavy atom. The molecule has 1 aromatic heterocycles. The molecule has 5 N–H and O–H groups in total. The summed E-state index contributed by atoms with van der Waals surface area (Å²) in [4.78, 5) is 3.43. The van der Waals surface area contributed by atoms with Gasteiger partial charge in [-0.2, -0.15) is 0 Å². The van der Waals surface area contributed by atoms with Gasteiger partial charge in [0, 0.05) is 10.8 Å². The van der Waals surface area contributed by atoms with Crippen LogP contribution in [-0.4, -0.2) is 4.98 Å². The van der Waals surface area contributed by atoms with Crippen molar-refractivity contribution in [3.8, 4) is 0 Å². The lowest BCUT2D eigenvalue weighted by Crippen LogP contribution is -1.91. The van der Waals surface area contributed by atoms with Gasteiger partial charge in [-0.05, 0) is 61.1 Å². The first kappa shape index (κ1) is 15.7. The molecule has 0 unspecified atom stereocenters. The van der Waals surface area contributed by atoms with Gasteiger partial charge in [0.25, 0.3) is 0 Å². The Balaban J connectivity index is 2.17. The monoisotopic (exact) mass is 309 g/mol. The Labute approximate surface area is 138 Å². The lowest BCUT2D eigenvalue weighted by atomic mass is 10.0. The first-order valence-electron chi connectivity index (χ1n) is 8.76. The molecule has 0 saturated carbocycles. The highest BCUT2D eigenvalue weighted by Gasteiger charge is 2.12. The number of H-pyrrole nitrogens is 1. The van der Waals surface area contributed by atoms with Crippen molar-refractivity contribution in [1.82, 2.24) is 4.98 Å². The van der Waals surface area contributed by atoms with E-state index in [0.29, 0.717) is 0 Å². The Hall–Kier alpha value is -2.16. The molecule has 0 amide bonds. The van der Waals surface area contributed by atoms with Crippen LogP contribution in [0.2, 0.25) is 0 Å². The van der Waals surface area contributed by atoms with Crippen LogP contribution in [0.5, 0.6) is 0 Å². The van der Waals surface area contributed by atoms with Crippen molar-refractivity contribution in [2.24, 2.45) is 0 Å². The van der Waals surface area contributed by atoms with Gasteiger partial charge in [-0.15, -0.1) is 0 Å². The lowest BCUT2D eigenvalue weighted by molar-refractivity contribution is 0.796. The summed E-state index contributed by atoms with van der Waals surface area (Å²) in [5.41, 5.74) is 18.9. The van der Waals surface area contributed by atoms with Gasteiger partial charge in [0.2, 0.25) is 0 Å². The summed E-state index contributed by atoms with van der Waals surface area (Å²) >= 11 is 0. The molecule has 23 heavy (non-hydrogen) atoms. The average molecular weight is 309 g/mol. The van der Waals surface area contributed by atoms with Gasteiger partial charge in [-0.1, -0.05) is 26.7 Å². The number of hydrogen-bond acceptors (Lipinski definition) is 2. The molecule has 1 heterocycles. The van der Waals surface area contributed by atoms with Crippen LogP contribution < -0.4 is 11.5 Å². The van der Waals surface area contributed by atoms with Gasteiger partial charge in [-0.25, -0.2) is 0 Å². The molecule has 0 radical (unpaired) electrons. The van der Waals surface area contributed by atoms with Crippen LogP contribution in [0.15, 0.2) is 24.3 Å². The minimum atomic E-state index is 0.819. The summed E-state index contributed by atoms with van der Waals surface area (Å²) in [7, 11) is 0. The summed E-state index contributed by atoms with van der Waals surface area (Å²) in [6, 6.07) is 8.76. The number of fused-ring (bicyclic) bond motifs is 3. The first-order chi connectivity index (χ1) is 11.1. The summed E-state index contributed by atoms with van der Waals surface area (Å²) in [5, 5.41) is 2.41. The van der Waals surface area contributed by atoms with Gasteiger partial charge < -0.3 is 16.5 Å². The van der Waals surface area contributed by atoms with Crippen molar-refractivity contribution in [3.05, 3.63) is 35.4 Å². The van der Waals surface area contributed by atoms with Crippen molar-refractivity contribution in [2.45, 2.75) is 52.4 Å². The van der Waals surface area contributed by atoms with Crippen LogP contribution in [-0.2, 0) is 12.8 Å². The minimum Gasteiger partial charge on any atom is -0.397 e. The van der Waals surface area contributed by atoms with E-state index in [-0.39, 0.29) is 0 Å². The van der Waals surface area contributed by atoms with Crippen LogP contribution in [0.4, 0.5) is 11.4 Å². The molecule has 0 fully saturated rings. The number of unbranched alkanes of at least 4 members (excludes halogenated alkanes) is 2. The van der Waals surface area contributed by atoms with Crippen LogP contribution in [0.25, 0.3) is 21.8 Å². The molecule has 0 saturated heterocycles. The zero-order valence-electron chi connectivity index (χ0n) is 14.2. The number of nitrogen functional groups attached to an aromatic ring is 2. The number of aromatic nitrogens is 1. The molecule has 0 atom stereocenters. The predicted octanol–water partition coefficient (Wildman–Crippen LogP) is 5.17. The summed E-state index contributed by atoms with van der Waals surface area (Å²) < 4.78 is 0. The highest BCUT2D eigenvalue weighted by Crippen LogP contribution is 2.34. The third kappa shape index (κ3) is 3.00. The molecule has 0 aliphatic rings. The zero-order valence-corrected chi connectivity index (χ0v) is 14.2. The first-order valence-corrected chi connectivity index (χ1v) is 8.76. The number of nitrogens with one attached hydrogen (secondary N) is 1. The van der Waals surface area contributed by atoms with E-state index < -0.39 is 0 Å². The molecule has 0 spiro atoms. The van der Waals surface area contributed by atoms with Gasteiger partial charge in [0.15, 0.2) is 0 Å². The van der Waals surface area contributed by atoms with E-state index in [9.17, 15) is 0 Å². The number of hydrogen-bond donors (Lipinski definition) is 3. The maximum Gasteiger partial charge on any atom is 0.0699 e. The summed E-state index contributed by atoms with van der Waals surface area (Å²) in [6.07, 6.45) is 6.93. The molecule has 3 rings (SSSR count). The molecular formula is C20H27N3. The number of anilines is 2. The highest BCUT2D eigenvalue weighted by atomic mass is 14.8. The zero-order chi connectivity index (χ0) is 16.4. The van der Waals surface area contributed by atoms with E-state index in [1.54, 1.807) is 0 Å². The number of aromatic amines is 1. The molecule has 3 nitrogen and oxygen atoms in total. The van der Waals surface area contributed by atoms with Crippen LogP contribution in [0, 0.1) is 0 Å². The second-order valence-electron chi connectivity index (χ2n) is 6.55. The van der Waals surface area contributed by atoms with Crippen LogP contribution >= 0.6 is 0 Å². The highest BCUT2D eigenvalue weighted by molar-refractivity contribution is 6.14. The third-order valence-electron chi connectivity index (χ3n) is 4.64. The average Bonchev–Trinajstić information content (AvgIpc) is 2.91. The lowest BCUT2D eigenvalue weighted by Gasteiger charge is -2.05. The third-order valence-corrected chi connectivity index (χ3v) is 4.64. The van der Waals surface area contributed by atoms with E-state index >= 15 is 0 Å². The van der Waals surface area contributed by atoms with Crippen molar-refractivity contribution in [2.75, 3.05) is 11.5 Å². The fourth-order valence-corrected chi connectivity index (χ4v) is 3.33. The molecule has 3 aromatic rings. The fraction of sp³-hybridized carbons (Fsp3) is 0.400. The van der Waals surface area contributed by atoms with Crippen molar-refractivity contribution in [1.29, 1.82) is 0 Å². The SMILES string of the molecule is CCCCc1cc(N)c2[nH]c3c(N)cc(CCCC)cc3c2c1.